The molecule has 0 spiro atoms. The van der Waals surface area contributed by atoms with Crippen LogP contribution in [0.15, 0.2) is 36.5 Å². The first-order chi connectivity index (χ1) is 5.38. The largest absolute Gasteiger partial charge is 1.00 e. The minimum atomic E-state index is 0. The number of benzene rings is 1. The molecule has 1 aromatic carbocycles. The van der Waals surface area contributed by atoms with Crippen LogP contribution in [-0.4, -0.2) is 10.1 Å². The maximum atomic E-state index is 9.31. The number of phenolic OH excluding ortho intramolecular Hbond substituents is 1. The van der Waals surface area contributed by atoms with E-state index in [1.165, 1.54) is 0 Å². The third-order valence-corrected chi connectivity index (χ3v) is 1.61. The van der Waals surface area contributed by atoms with Crippen LogP contribution in [0.4, 0.5) is 0 Å². The standard InChI is InChI=1S/C9H7NO.Cu.HI/c11-8-5-1-3-7-4-2-6-10-9(7)8;;/h1-6,11H;;1H/q;+1;/p-1. The summed E-state index contributed by atoms with van der Waals surface area (Å²) in [7, 11) is 0. The predicted octanol–water partition coefficient (Wildman–Crippen LogP) is -1.06. The van der Waals surface area contributed by atoms with E-state index in [1.807, 2.05) is 18.2 Å². The van der Waals surface area contributed by atoms with E-state index in [0.717, 1.165) is 5.39 Å². The van der Waals surface area contributed by atoms with Crippen molar-refractivity contribution >= 4 is 10.9 Å². The molecule has 1 heterocycles. The van der Waals surface area contributed by atoms with Gasteiger partial charge in [-0.2, -0.15) is 0 Å². The Bertz CT molecular complexity index is 389. The second-order valence-corrected chi connectivity index (χ2v) is 2.35. The number of aromatic hydroxyl groups is 1. The maximum Gasteiger partial charge on any atom is 1.00 e. The average Bonchev–Trinajstić information content (AvgIpc) is 2.06. The molecule has 0 saturated carbocycles. The average molecular weight is 336 g/mol. The summed E-state index contributed by atoms with van der Waals surface area (Å²) in [6, 6.07) is 9.13. The van der Waals surface area contributed by atoms with Crippen LogP contribution in [0.5, 0.6) is 5.75 Å². The zero-order chi connectivity index (χ0) is 7.68. The number of nitrogens with zero attached hydrogens (tertiary/aromatic N) is 1. The molecule has 0 radical (unpaired) electrons. The van der Waals surface area contributed by atoms with Crippen molar-refractivity contribution in [2.75, 3.05) is 0 Å². The zero-order valence-electron chi connectivity index (χ0n) is 6.54. The first-order valence-electron chi connectivity index (χ1n) is 3.40. The molecule has 0 aliphatic carbocycles. The summed E-state index contributed by atoms with van der Waals surface area (Å²) in [5.41, 5.74) is 0.662. The van der Waals surface area contributed by atoms with Gasteiger partial charge in [0.2, 0.25) is 0 Å². The van der Waals surface area contributed by atoms with Crippen molar-refractivity contribution in [3.63, 3.8) is 0 Å². The molecule has 4 heteroatoms. The Labute approximate surface area is 104 Å². The third kappa shape index (κ3) is 2.56. The smallest absolute Gasteiger partial charge is 1.00 e. The molecule has 0 fully saturated rings. The van der Waals surface area contributed by atoms with Crippen LogP contribution < -0.4 is 24.0 Å². The van der Waals surface area contributed by atoms with Crippen LogP contribution in [0.2, 0.25) is 0 Å². The van der Waals surface area contributed by atoms with Gasteiger partial charge in [-0.15, -0.1) is 0 Å². The first kappa shape index (κ1) is 12.7. The van der Waals surface area contributed by atoms with Crippen LogP contribution >= 0.6 is 0 Å². The molecule has 2 aromatic rings. The Hall–Kier alpha value is -0.321. The van der Waals surface area contributed by atoms with Gasteiger partial charge in [0.15, 0.2) is 0 Å². The van der Waals surface area contributed by atoms with Gasteiger partial charge in [-0.05, 0) is 12.1 Å². The molecule has 0 amide bonds. The predicted molar refractivity (Wildman–Crippen MR) is 43.4 cm³/mol. The van der Waals surface area contributed by atoms with Gasteiger partial charge < -0.3 is 29.1 Å². The van der Waals surface area contributed by atoms with Gasteiger partial charge in [-0.3, -0.25) is 4.98 Å². The minimum Gasteiger partial charge on any atom is -1.00 e. The molecule has 1 aromatic heterocycles. The Morgan fingerprint density at radius 2 is 1.77 bits per heavy atom. The molecule has 0 saturated heterocycles. The molecule has 2 rings (SSSR count). The van der Waals surface area contributed by atoms with E-state index in [2.05, 4.69) is 4.98 Å². The molecule has 0 unspecified atom stereocenters. The molecule has 0 atom stereocenters. The molecule has 2 nitrogen and oxygen atoms in total. The second-order valence-electron chi connectivity index (χ2n) is 2.35. The molecular formula is C9H7CuINO. The van der Waals surface area contributed by atoms with Gasteiger partial charge in [0.05, 0.1) is 0 Å². The summed E-state index contributed by atoms with van der Waals surface area (Å²) >= 11 is 0. The van der Waals surface area contributed by atoms with E-state index < -0.39 is 0 Å². The molecule has 72 valence electrons. The number of phenols is 1. The Balaban J connectivity index is 0.000000720. The van der Waals surface area contributed by atoms with E-state index in [-0.39, 0.29) is 46.8 Å². The Kier molecular flexibility index (Phi) is 5.28. The second kappa shape index (κ2) is 5.42. The summed E-state index contributed by atoms with van der Waals surface area (Å²) < 4.78 is 0. The number of halogens is 1. The van der Waals surface area contributed by atoms with Crippen LogP contribution in [0.1, 0.15) is 0 Å². The van der Waals surface area contributed by atoms with Crippen molar-refractivity contribution in [1.29, 1.82) is 0 Å². The van der Waals surface area contributed by atoms with Gasteiger partial charge in [0.25, 0.3) is 0 Å². The first-order valence-corrected chi connectivity index (χ1v) is 3.40. The molecule has 1 N–H and O–H groups in total. The fourth-order valence-corrected chi connectivity index (χ4v) is 1.09. The fourth-order valence-electron chi connectivity index (χ4n) is 1.09. The van der Waals surface area contributed by atoms with E-state index >= 15 is 0 Å². The van der Waals surface area contributed by atoms with Gasteiger partial charge >= 0.3 is 17.1 Å². The summed E-state index contributed by atoms with van der Waals surface area (Å²) in [5, 5.41) is 10.3. The number of para-hydroxylation sites is 1. The fraction of sp³-hybridized carbons (Fsp3) is 0. The maximum absolute atomic E-state index is 9.31. The molecule has 0 bridgehead atoms. The zero-order valence-corrected chi connectivity index (χ0v) is 9.64. The van der Waals surface area contributed by atoms with Gasteiger partial charge in [0.1, 0.15) is 11.3 Å². The normalized spacial score (nSPS) is 8.62. The molecule has 0 aliphatic heterocycles. The number of rotatable bonds is 0. The number of hydrogen-bond acceptors (Lipinski definition) is 2. The summed E-state index contributed by atoms with van der Waals surface area (Å²) in [5.74, 6) is 0.239. The van der Waals surface area contributed by atoms with Gasteiger partial charge in [-0.1, -0.05) is 18.2 Å². The molecule has 0 aliphatic rings. The number of pyridine rings is 1. The summed E-state index contributed by atoms with van der Waals surface area (Å²) in [4.78, 5) is 4.03. The van der Waals surface area contributed by atoms with Crippen molar-refractivity contribution in [2.45, 2.75) is 0 Å². The monoisotopic (exact) mass is 335 g/mol. The van der Waals surface area contributed by atoms with Crippen molar-refractivity contribution < 1.29 is 46.2 Å². The van der Waals surface area contributed by atoms with Crippen molar-refractivity contribution in [3.8, 4) is 5.75 Å². The molecule has 13 heavy (non-hydrogen) atoms. The van der Waals surface area contributed by atoms with Gasteiger partial charge in [0, 0.05) is 11.6 Å². The summed E-state index contributed by atoms with van der Waals surface area (Å²) in [6.45, 7) is 0. The van der Waals surface area contributed by atoms with Crippen LogP contribution in [-0.2, 0) is 17.1 Å². The number of fused-ring (bicyclic) bond motifs is 1. The van der Waals surface area contributed by atoms with Crippen LogP contribution in [0.3, 0.4) is 0 Å². The van der Waals surface area contributed by atoms with E-state index in [9.17, 15) is 5.11 Å². The van der Waals surface area contributed by atoms with Crippen molar-refractivity contribution in [1.82, 2.24) is 4.98 Å². The topological polar surface area (TPSA) is 33.1 Å². The third-order valence-electron chi connectivity index (χ3n) is 1.61. The Morgan fingerprint density at radius 1 is 1.08 bits per heavy atom. The summed E-state index contributed by atoms with van der Waals surface area (Å²) in [6.07, 6.45) is 1.67. The van der Waals surface area contributed by atoms with Crippen LogP contribution in [0, 0.1) is 0 Å². The number of hydrogen-bond donors (Lipinski definition) is 1. The van der Waals surface area contributed by atoms with Gasteiger partial charge in [-0.25, -0.2) is 0 Å². The minimum absolute atomic E-state index is 0. The van der Waals surface area contributed by atoms with E-state index in [4.69, 9.17) is 0 Å². The van der Waals surface area contributed by atoms with Crippen molar-refractivity contribution in [2.24, 2.45) is 0 Å². The SMILES string of the molecule is Oc1cccc2cccnc12.[Cu+].[I-]. The quantitative estimate of drug-likeness (QED) is 0.492. The molecular weight excluding hydrogens is 329 g/mol. The Morgan fingerprint density at radius 3 is 2.46 bits per heavy atom. The van der Waals surface area contributed by atoms with Crippen molar-refractivity contribution in [3.05, 3.63) is 36.5 Å². The van der Waals surface area contributed by atoms with Crippen LogP contribution in [0.25, 0.3) is 10.9 Å². The van der Waals surface area contributed by atoms with E-state index in [0.29, 0.717) is 5.52 Å². The number of aromatic nitrogens is 1. The van der Waals surface area contributed by atoms with E-state index in [1.54, 1.807) is 18.3 Å².